The average molecular weight is 381 g/mol. The van der Waals surface area contributed by atoms with Crippen molar-refractivity contribution in [2.24, 2.45) is 0 Å². The third-order valence-corrected chi connectivity index (χ3v) is 4.58. The standard InChI is InChI=1S/C20H19N3O3S/c1-2-18-21-20(23-22-18)27-17(19(24)25)12-15-10-6-7-11-16(15)26-13-14-8-4-3-5-9-14/h3-12H,2,13H2,1H3,(H,24,25)(H,21,22,23)/b17-12+. The molecule has 0 saturated heterocycles. The number of ether oxygens (including phenoxy) is 1. The van der Waals surface area contributed by atoms with Gasteiger partial charge in [-0.3, -0.25) is 5.10 Å². The fourth-order valence-corrected chi connectivity index (χ4v) is 3.04. The second-order valence-corrected chi connectivity index (χ2v) is 6.66. The SMILES string of the molecule is CCc1nc(S/C(=C/c2ccccc2OCc2ccccc2)C(=O)O)n[nH]1. The van der Waals surface area contributed by atoms with E-state index in [2.05, 4.69) is 15.2 Å². The van der Waals surface area contributed by atoms with Gasteiger partial charge in [0.05, 0.1) is 0 Å². The topological polar surface area (TPSA) is 88.1 Å². The van der Waals surface area contributed by atoms with Crippen LogP contribution in [0.5, 0.6) is 5.75 Å². The molecule has 27 heavy (non-hydrogen) atoms. The van der Waals surface area contributed by atoms with E-state index in [-0.39, 0.29) is 4.91 Å². The summed E-state index contributed by atoms with van der Waals surface area (Å²) in [6, 6.07) is 17.1. The highest BCUT2D eigenvalue weighted by atomic mass is 32.2. The van der Waals surface area contributed by atoms with E-state index < -0.39 is 5.97 Å². The van der Waals surface area contributed by atoms with Gasteiger partial charge in [-0.05, 0) is 29.5 Å². The molecule has 0 fully saturated rings. The predicted octanol–water partition coefficient (Wildman–Crippen LogP) is 4.16. The number of hydrogen-bond acceptors (Lipinski definition) is 5. The molecule has 3 aromatic rings. The smallest absolute Gasteiger partial charge is 0.342 e. The van der Waals surface area contributed by atoms with Gasteiger partial charge in [-0.15, -0.1) is 5.10 Å². The van der Waals surface area contributed by atoms with E-state index in [1.54, 1.807) is 6.08 Å². The Labute approximate surface area is 161 Å². The highest BCUT2D eigenvalue weighted by molar-refractivity contribution is 8.04. The molecule has 0 radical (unpaired) electrons. The van der Waals surface area contributed by atoms with E-state index in [9.17, 15) is 9.90 Å². The van der Waals surface area contributed by atoms with Crippen molar-refractivity contribution in [3.63, 3.8) is 0 Å². The molecular formula is C20H19N3O3S. The minimum atomic E-state index is -1.04. The normalized spacial score (nSPS) is 11.4. The summed E-state index contributed by atoms with van der Waals surface area (Å²) in [5.74, 6) is 0.291. The van der Waals surface area contributed by atoms with Gasteiger partial charge >= 0.3 is 5.97 Å². The van der Waals surface area contributed by atoms with Gasteiger partial charge in [0.2, 0.25) is 5.16 Å². The largest absolute Gasteiger partial charge is 0.488 e. The Balaban J connectivity index is 1.81. The summed E-state index contributed by atoms with van der Waals surface area (Å²) >= 11 is 1.00. The second kappa shape index (κ2) is 9.05. The summed E-state index contributed by atoms with van der Waals surface area (Å²) in [5, 5.41) is 16.8. The van der Waals surface area contributed by atoms with E-state index in [0.717, 1.165) is 17.3 Å². The van der Waals surface area contributed by atoms with Crippen LogP contribution in [-0.4, -0.2) is 26.3 Å². The monoisotopic (exact) mass is 381 g/mol. The number of nitrogens with zero attached hydrogens (tertiary/aromatic N) is 2. The van der Waals surface area contributed by atoms with Crippen molar-refractivity contribution in [3.05, 3.63) is 76.5 Å². The van der Waals surface area contributed by atoms with Crippen LogP contribution in [0.3, 0.4) is 0 Å². The fraction of sp³-hybridized carbons (Fsp3) is 0.150. The molecule has 0 aliphatic heterocycles. The first-order valence-corrected chi connectivity index (χ1v) is 9.27. The lowest BCUT2D eigenvalue weighted by molar-refractivity contribution is -0.131. The highest BCUT2D eigenvalue weighted by Gasteiger charge is 2.14. The summed E-state index contributed by atoms with van der Waals surface area (Å²) in [6.45, 7) is 2.35. The Morgan fingerprint density at radius 2 is 1.93 bits per heavy atom. The maximum atomic E-state index is 11.7. The maximum Gasteiger partial charge on any atom is 0.342 e. The van der Waals surface area contributed by atoms with Crippen LogP contribution in [0.4, 0.5) is 0 Å². The number of rotatable bonds is 8. The molecule has 7 heteroatoms. The van der Waals surface area contributed by atoms with Crippen molar-refractivity contribution in [3.8, 4) is 5.75 Å². The van der Waals surface area contributed by atoms with Gasteiger partial charge < -0.3 is 9.84 Å². The number of hydrogen-bond donors (Lipinski definition) is 2. The molecular weight excluding hydrogens is 362 g/mol. The van der Waals surface area contributed by atoms with Crippen LogP contribution in [0.2, 0.25) is 0 Å². The third-order valence-electron chi connectivity index (χ3n) is 3.70. The van der Waals surface area contributed by atoms with E-state index in [1.807, 2.05) is 61.5 Å². The van der Waals surface area contributed by atoms with Crippen LogP contribution >= 0.6 is 11.8 Å². The second-order valence-electron chi connectivity index (χ2n) is 5.65. The van der Waals surface area contributed by atoms with Crippen LogP contribution in [0, 0.1) is 0 Å². The summed E-state index contributed by atoms with van der Waals surface area (Å²) < 4.78 is 5.89. The zero-order chi connectivity index (χ0) is 19.1. The summed E-state index contributed by atoms with van der Waals surface area (Å²) in [6.07, 6.45) is 2.28. The Hall–Kier alpha value is -3.06. The van der Waals surface area contributed by atoms with Crippen LogP contribution in [0.15, 0.2) is 64.7 Å². The van der Waals surface area contributed by atoms with E-state index in [1.165, 1.54) is 0 Å². The number of benzene rings is 2. The minimum absolute atomic E-state index is 0.118. The highest BCUT2D eigenvalue weighted by Crippen LogP contribution is 2.29. The molecule has 2 aromatic carbocycles. The van der Waals surface area contributed by atoms with E-state index in [4.69, 9.17) is 4.74 Å². The van der Waals surface area contributed by atoms with Gasteiger partial charge in [-0.1, -0.05) is 55.5 Å². The first kappa shape index (κ1) is 18.7. The molecule has 138 valence electrons. The van der Waals surface area contributed by atoms with Crippen molar-refractivity contribution in [1.82, 2.24) is 15.2 Å². The third kappa shape index (κ3) is 5.21. The number of aromatic amines is 1. The van der Waals surface area contributed by atoms with Crippen molar-refractivity contribution < 1.29 is 14.6 Å². The molecule has 2 N–H and O–H groups in total. The van der Waals surface area contributed by atoms with Crippen molar-refractivity contribution in [2.75, 3.05) is 0 Å². The Kier molecular flexibility index (Phi) is 6.27. The first-order valence-electron chi connectivity index (χ1n) is 8.45. The Morgan fingerprint density at radius 3 is 2.63 bits per heavy atom. The molecule has 6 nitrogen and oxygen atoms in total. The number of thioether (sulfide) groups is 1. The van der Waals surface area contributed by atoms with Gasteiger partial charge in [0.1, 0.15) is 23.1 Å². The van der Waals surface area contributed by atoms with Crippen LogP contribution in [0.1, 0.15) is 23.9 Å². The molecule has 0 saturated carbocycles. The molecule has 0 unspecified atom stereocenters. The number of aliphatic carboxylic acids is 1. The Morgan fingerprint density at radius 1 is 1.19 bits per heavy atom. The summed E-state index contributed by atoms with van der Waals surface area (Å²) in [7, 11) is 0. The molecule has 0 bridgehead atoms. The molecule has 0 spiro atoms. The summed E-state index contributed by atoms with van der Waals surface area (Å²) in [5.41, 5.74) is 1.72. The first-order chi connectivity index (χ1) is 13.2. The number of para-hydroxylation sites is 1. The number of carbonyl (C=O) groups is 1. The van der Waals surface area contributed by atoms with Gasteiger partial charge in [0.25, 0.3) is 0 Å². The quantitative estimate of drug-likeness (QED) is 0.450. The van der Waals surface area contributed by atoms with E-state index in [0.29, 0.717) is 35.3 Å². The molecule has 0 atom stereocenters. The number of aryl methyl sites for hydroxylation is 1. The molecule has 0 aliphatic rings. The number of carboxylic acid groups (broad SMARTS) is 1. The lowest BCUT2D eigenvalue weighted by Gasteiger charge is -2.10. The lowest BCUT2D eigenvalue weighted by Crippen LogP contribution is -1.99. The van der Waals surface area contributed by atoms with Gasteiger partial charge in [-0.25, -0.2) is 9.78 Å². The lowest BCUT2D eigenvalue weighted by atomic mass is 10.2. The van der Waals surface area contributed by atoms with Crippen molar-refractivity contribution in [2.45, 2.75) is 25.1 Å². The van der Waals surface area contributed by atoms with Crippen molar-refractivity contribution >= 4 is 23.8 Å². The number of H-pyrrole nitrogens is 1. The molecule has 1 heterocycles. The van der Waals surface area contributed by atoms with Gasteiger partial charge in [0.15, 0.2) is 0 Å². The maximum absolute atomic E-state index is 11.7. The van der Waals surface area contributed by atoms with Crippen LogP contribution in [-0.2, 0) is 17.8 Å². The molecule has 1 aromatic heterocycles. The van der Waals surface area contributed by atoms with Crippen LogP contribution < -0.4 is 4.74 Å². The molecule has 0 aliphatic carbocycles. The number of nitrogens with one attached hydrogen (secondary N) is 1. The number of carboxylic acids is 1. The zero-order valence-electron chi connectivity index (χ0n) is 14.8. The Bertz CT molecular complexity index is 938. The fourth-order valence-electron chi connectivity index (χ4n) is 2.32. The molecule has 3 rings (SSSR count). The minimum Gasteiger partial charge on any atom is -0.488 e. The zero-order valence-corrected chi connectivity index (χ0v) is 15.6. The average Bonchev–Trinajstić information content (AvgIpc) is 3.15. The van der Waals surface area contributed by atoms with Gasteiger partial charge in [-0.2, -0.15) is 0 Å². The van der Waals surface area contributed by atoms with E-state index >= 15 is 0 Å². The van der Waals surface area contributed by atoms with Crippen LogP contribution in [0.25, 0.3) is 6.08 Å². The summed E-state index contributed by atoms with van der Waals surface area (Å²) in [4.78, 5) is 16.0. The number of aromatic nitrogens is 3. The predicted molar refractivity (Wildman–Crippen MR) is 104 cm³/mol. The van der Waals surface area contributed by atoms with Crippen molar-refractivity contribution in [1.29, 1.82) is 0 Å². The van der Waals surface area contributed by atoms with Gasteiger partial charge in [0, 0.05) is 12.0 Å². The molecule has 0 amide bonds.